The Bertz CT molecular complexity index is 1420. The molecular weight excluding hydrogens is 412 g/mol. The van der Waals surface area contributed by atoms with Crippen LogP contribution in [0.15, 0.2) is 73.8 Å². The van der Waals surface area contributed by atoms with Crippen LogP contribution in [0.4, 0.5) is 0 Å². The van der Waals surface area contributed by atoms with Gasteiger partial charge in [-0.25, -0.2) is 19.9 Å². The third-order valence-electron chi connectivity index (χ3n) is 5.86. The second-order valence-corrected chi connectivity index (χ2v) is 8.00. The van der Waals surface area contributed by atoms with E-state index in [4.69, 9.17) is 9.97 Å². The third kappa shape index (κ3) is 3.51. The molecule has 0 aliphatic heterocycles. The minimum absolute atomic E-state index is 0.0121. The molecule has 0 atom stereocenters. The zero-order valence-corrected chi connectivity index (χ0v) is 17.8. The van der Waals surface area contributed by atoms with Gasteiger partial charge in [0.25, 0.3) is 0 Å². The van der Waals surface area contributed by atoms with Crippen LogP contribution in [0.3, 0.4) is 0 Å². The number of nitrogens with zero attached hydrogens (tertiary/aromatic N) is 4. The van der Waals surface area contributed by atoms with Crippen LogP contribution in [0.2, 0.25) is 0 Å². The molecule has 0 radical (unpaired) electrons. The lowest BCUT2D eigenvalue weighted by atomic mass is 10.0. The van der Waals surface area contributed by atoms with Crippen molar-refractivity contribution >= 4 is 22.1 Å². The molecule has 2 aromatic carbocycles. The van der Waals surface area contributed by atoms with Gasteiger partial charge in [-0.3, -0.25) is 0 Å². The monoisotopic (exact) mass is 434 g/mol. The lowest BCUT2D eigenvalue weighted by Crippen LogP contribution is -2.05. The van der Waals surface area contributed by atoms with Gasteiger partial charge in [0.1, 0.15) is 23.3 Å². The Balaban J connectivity index is 1.40. The highest BCUT2D eigenvalue weighted by Crippen LogP contribution is 2.31. The Morgan fingerprint density at radius 2 is 1.33 bits per heavy atom. The van der Waals surface area contributed by atoms with Crippen molar-refractivity contribution in [3.05, 3.63) is 85.5 Å². The van der Waals surface area contributed by atoms with E-state index in [1.165, 1.54) is 0 Å². The molecule has 0 aliphatic carbocycles. The molecule has 0 saturated heterocycles. The van der Waals surface area contributed by atoms with Crippen molar-refractivity contribution in [3.63, 3.8) is 0 Å². The van der Waals surface area contributed by atoms with E-state index in [9.17, 15) is 0 Å². The molecule has 4 aromatic heterocycles. The van der Waals surface area contributed by atoms with Crippen LogP contribution in [-0.2, 0) is 0 Å². The summed E-state index contributed by atoms with van der Waals surface area (Å²) in [5.74, 6) is 3.42. The first-order chi connectivity index (χ1) is 16.3. The summed E-state index contributed by atoms with van der Waals surface area (Å²) in [4.78, 5) is 31.8. The van der Waals surface area contributed by atoms with Gasteiger partial charge in [0.05, 0.1) is 28.0 Å². The van der Waals surface area contributed by atoms with Gasteiger partial charge >= 0.3 is 0 Å². The molecule has 0 amide bonds. The maximum absolute atomic E-state index is 4.90. The second-order valence-electron chi connectivity index (χ2n) is 8.00. The van der Waals surface area contributed by atoms with E-state index in [1.807, 2.05) is 42.7 Å². The topological polar surface area (TPSA) is 115 Å². The molecule has 8 heteroatoms. The zero-order chi connectivity index (χ0) is 22.2. The van der Waals surface area contributed by atoms with Gasteiger partial charge in [-0.05, 0) is 49.2 Å². The number of hydrogen-bond donors (Lipinski definition) is 4. The number of allylic oxidation sites excluding steroid dienone is 1. The zero-order valence-electron chi connectivity index (χ0n) is 17.8. The Morgan fingerprint density at radius 1 is 0.788 bits per heavy atom. The maximum Gasteiger partial charge on any atom is 0.137 e. The first-order valence-corrected chi connectivity index (χ1v) is 10.9. The molecular formula is C25H22N8. The number of fused-ring (bicyclic) bond motifs is 2. The average Bonchev–Trinajstić information content (AvgIpc) is 3.64. The van der Waals surface area contributed by atoms with Crippen molar-refractivity contribution in [3.8, 4) is 22.8 Å². The largest absolute Gasteiger partial charge is 0.345 e. The molecule has 6 rings (SSSR count). The van der Waals surface area contributed by atoms with Crippen molar-refractivity contribution in [1.82, 2.24) is 39.9 Å². The van der Waals surface area contributed by atoms with E-state index in [-0.39, 0.29) is 5.92 Å². The predicted molar refractivity (Wildman–Crippen MR) is 129 cm³/mol. The first kappa shape index (κ1) is 19.2. The molecule has 0 fully saturated rings. The van der Waals surface area contributed by atoms with Crippen LogP contribution in [0, 0.1) is 0 Å². The minimum atomic E-state index is -0.0121. The van der Waals surface area contributed by atoms with Crippen molar-refractivity contribution in [2.45, 2.75) is 18.8 Å². The molecule has 4 heterocycles. The highest BCUT2D eigenvalue weighted by atomic mass is 15.0. The quantitative estimate of drug-likeness (QED) is 0.255. The van der Waals surface area contributed by atoms with Gasteiger partial charge in [0.15, 0.2) is 0 Å². The fourth-order valence-corrected chi connectivity index (χ4v) is 4.22. The molecule has 33 heavy (non-hydrogen) atoms. The molecule has 0 aliphatic rings. The number of nitrogens with one attached hydrogen (secondary N) is 4. The fraction of sp³-hybridized carbons (Fsp3) is 0.120. The van der Waals surface area contributed by atoms with Crippen LogP contribution < -0.4 is 0 Å². The summed E-state index contributed by atoms with van der Waals surface area (Å²) in [6, 6.07) is 12.2. The fourth-order valence-electron chi connectivity index (χ4n) is 4.22. The van der Waals surface area contributed by atoms with E-state index in [0.717, 1.165) is 69.3 Å². The number of aromatic amines is 4. The van der Waals surface area contributed by atoms with Crippen LogP contribution in [-0.4, -0.2) is 39.9 Å². The molecule has 162 valence electrons. The van der Waals surface area contributed by atoms with Gasteiger partial charge in [-0.1, -0.05) is 6.08 Å². The number of imidazole rings is 4. The van der Waals surface area contributed by atoms with Crippen molar-refractivity contribution < 1.29 is 0 Å². The van der Waals surface area contributed by atoms with E-state index >= 15 is 0 Å². The molecule has 0 spiro atoms. The van der Waals surface area contributed by atoms with Crippen LogP contribution in [0.1, 0.15) is 30.4 Å². The van der Waals surface area contributed by atoms with E-state index in [1.54, 1.807) is 12.4 Å². The molecule has 0 saturated carbocycles. The van der Waals surface area contributed by atoms with Gasteiger partial charge in [0, 0.05) is 35.9 Å². The first-order valence-electron chi connectivity index (χ1n) is 10.9. The van der Waals surface area contributed by atoms with Crippen molar-refractivity contribution in [1.29, 1.82) is 0 Å². The summed E-state index contributed by atoms with van der Waals surface area (Å²) in [7, 11) is 0. The summed E-state index contributed by atoms with van der Waals surface area (Å²) in [6.45, 7) is 3.90. The second kappa shape index (κ2) is 7.90. The third-order valence-corrected chi connectivity index (χ3v) is 5.86. The lowest BCUT2D eigenvalue weighted by Gasteiger charge is -2.10. The number of rotatable bonds is 7. The Morgan fingerprint density at radius 3 is 1.79 bits per heavy atom. The number of hydrogen-bond acceptors (Lipinski definition) is 4. The molecule has 0 bridgehead atoms. The molecule has 4 N–H and O–H groups in total. The SMILES string of the molecule is C=CCCC(c1nc2ccc(-c3ncc[nH]3)cc2[nH]1)c1nc2ccc(-c3ncc[nH]3)cc2[nH]1. The summed E-state index contributed by atoms with van der Waals surface area (Å²) in [5.41, 5.74) is 5.80. The smallest absolute Gasteiger partial charge is 0.137 e. The highest BCUT2D eigenvalue weighted by molar-refractivity contribution is 5.82. The number of aromatic nitrogens is 8. The van der Waals surface area contributed by atoms with E-state index < -0.39 is 0 Å². The van der Waals surface area contributed by atoms with Crippen LogP contribution >= 0.6 is 0 Å². The lowest BCUT2D eigenvalue weighted by molar-refractivity contribution is 0.662. The highest BCUT2D eigenvalue weighted by Gasteiger charge is 2.22. The Kier molecular flexibility index (Phi) is 4.61. The van der Waals surface area contributed by atoms with Gasteiger partial charge < -0.3 is 19.9 Å². The Hall–Kier alpha value is -4.46. The maximum atomic E-state index is 4.90. The number of benzene rings is 2. The summed E-state index contributed by atoms with van der Waals surface area (Å²) >= 11 is 0. The number of H-pyrrole nitrogens is 4. The minimum Gasteiger partial charge on any atom is -0.345 e. The van der Waals surface area contributed by atoms with E-state index in [2.05, 4.69) is 48.6 Å². The predicted octanol–water partition coefficient (Wildman–Crippen LogP) is 5.32. The summed E-state index contributed by atoms with van der Waals surface area (Å²) < 4.78 is 0. The summed E-state index contributed by atoms with van der Waals surface area (Å²) in [5, 5.41) is 0. The van der Waals surface area contributed by atoms with Crippen molar-refractivity contribution in [2.24, 2.45) is 0 Å². The molecule has 8 nitrogen and oxygen atoms in total. The van der Waals surface area contributed by atoms with Crippen LogP contribution in [0.25, 0.3) is 44.8 Å². The normalized spacial score (nSPS) is 11.7. The van der Waals surface area contributed by atoms with Crippen LogP contribution in [0.5, 0.6) is 0 Å². The molecule has 6 aromatic rings. The summed E-state index contributed by atoms with van der Waals surface area (Å²) in [6.07, 6.45) is 10.8. The standard InChI is InChI=1S/C25H22N8/c1-2-3-4-17(24-30-18-7-5-15(13-20(18)32-24)22-26-9-10-27-22)25-31-19-8-6-16(14-21(19)33-25)23-28-11-12-29-23/h2,5-14,17H,1,3-4H2,(H,26,27)(H,28,29)(H,30,32)(H,31,33). The van der Waals surface area contributed by atoms with E-state index in [0.29, 0.717) is 0 Å². The molecule has 0 unspecified atom stereocenters. The van der Waals surface area contributed by atoms with Crippen molar-refractivity contribution in [2.75, 3.05) is 0 Å². The van der Waals surface area contributed by atoms with Gasteiger partial charge in [-0.15, -0.1) is 6.58 Å². The average molecular weight is 435 g/mol. The Labute approximate surface area is 189 Å². The van der Waals surface area contributed by atoms with Gasteiger partial charge in [-0.2, -0.15) is 0 Å². The van der Waals surface area contributed by atoms with Gasteiger partial charge in [0.2, 0.25) is 0 Å².